The van der Waals surface area contributed by atoms with Crippen LogP contribution in [0.3, 0.4) is 0 Å². The summed E-state index contributed by atoms with van der Waals surface area (Å²) in [5.41, 5.74) is 4.98. The molecule has 3 N–H and O–H groups in total. The van der Waals surface area contributed by atoms with Crippen molar-refractivity contribution in [2.24, 2.45) is 0 Å². The van der Waals surface area contributed by atoms with Crippen LogP contribution in [0.5, 0.6) is 5.75 Å². The van der Waals surface area contributed by atoms with E-state index in [1.54, 1.807) is 31.2 Å². The van der Waals surface area contributed by atoms with Crippen LogP contribution in [0, 0.1) is 6.92 Å². The highest BCUT2D eigenvalue weighted by molar-refractivity contribution is 7.92. The van der Waals surface area contributed by atoms with Gasteiger partial charge in [0.2, 0.25) is 11.8 Å². The van der Waals surface area contributed by atoms with Gasteiger partial charge in [-0.05, 0) is 55.8 Å². The molecular weight excluding hydrogens is 450 g/mol. The number of anilines is 1. The number of ether oxygens (including phenoxy) is 1. The largest absolute Gasteiger partial charge is 0.497 e. The van der Waals surface area contributed by atoms with Crippen molar-refractivity contribution >= 4 is 27.5 Å². The van der Waals surface area contributed by atoms with Gasteiger partial charge >= 0.3 is 0 Å². The summed E-state index contributed by atoms with van der Waals surface area (Å²) in [6.45, 7) is 1.70. The smallest absolute Gasteiger partial charge is 0.269 e. The predicted molar refractivity (Wildman–Crippen MR) is 118 cm³/mol. The van der Waals surface area contributed by atoms with Crippen molar-refractivity contribution in [3.63, 3.8) is 0 Å². The third-order valence-electron chi connectivity index (χ3n) is 4.43. The fourth-order valence-electron chi connectivity index (χ4n) is 2.78. The van der Waals surface area contributed by atoms with Gasteiger partial charge in [0.05, 0.1) is 12.0 Å². The first-order valence-corrected chi connectivity index (χ1v) is 11.4. The highest BCUT2D eigenvalue weighted by Gasteiger charge is 2.17. The number of aryl methyl sites for hydroxylation is 2. The minimum Gasteiger partial charge on any atom is -0.497 e. The number of aromatic nitrogens is 2. The van der Waals surface area contributed by atoms with Crippen LogP contribution in [0.25, 0.3) is 0 Å². The van der Waals surface area contributed by atoms with Crippen LogP contribution in [0.15, 0.2) is 57.9 Å². The second-order valence-electron chi connectivity index (χ2n) is 6.95. The quantitative estimate of drug-likeness (QED) is 0.399. The van der Waals surface area contributed by atoms with Crippen LogP contribution < -0.4 is 20.3 Å². The SMILES string of the molecule is COc1ccc(NS(=O)(=O)c2cccc(C(=O)NNC(=O)CCCc3nc(C)no3)c2)cc1. The van der Waals surface area contributed by atoms with Crippen LogP contribution in [0.2, 0.25) is 0 Å². The van der Waals surface area contributed by atoms with Crippen molar-refractivity contribution in [1.29, 1.82) is 0 Å². The Morgan fingerprint density at radius 2 is 1.85 bits per heavy atom. The molecule has 3 aromatic rings. The number of rotatable bonds is 9. The molecule has 11 nitrogen and oxygen atoms in total. The first kappa shape index (κ1) is 23.7. The van der Waals surface area contributed by atoms with Crippen molar-refractivity contribution < 1.29 is 27.3 Å². The zero-order chi connectivity index (χ0) is 23.8. The molecule has 0 unspecified atom stereocenters. The molecular formula is C21H23N5O6S. The maximum absolute atomic E-state index is 12.7. The molecule has 0 spiro atoms. The Hall–Kier alpha value is -3.93. The summed E-state index contributed by atoms with van der Waals surface area (Å²) in [5, 5.41) is 3.67. The number of benzene rings is 2. The van der Waals surface area contributed by atoms with Gasteiger partial charge in [-0.25, -0.2) is 8.42 Å². The number of carbonyl (C=O) groups excluding carboxylic acids is 2. The fourth-order valence-corrected chi connectivity index (χ4v) is 3.88. The Kier molecular flexibility index (Phi) is 7.61. The lowest BCUT2D eigenvalue weighted by Crippen LogP contribution is -2.41. The monoisotopic (exact) mass is 473 g/mol. The van der Waals surface area contributed by atoms with Crippen molar-refractivity contribution in [3.8, 4) is 5.75 Å². The zero-order valence-electron chi connectivity index (χ0n) is 18.0. The third-order valence-corrected chi connectivity index (χ3v) is 5.81. The molecule has 3 rings (SSSR count). The Labute approximate surface area is 190 Å². The molecule has 0 atom stereocenters. The molecule has 0 saturated heterocycles. The summed E-state index contributed by atoms with van der Waals surface area (Å²) in [5.74, 6) is 0.473. The van der Waals surface area contributed by atoms with Crippen molar-refractivity contribution in [3.05, 3.63) is 65.8 Å². The normalized spacial score (nSPS) is 11.0. The average Bonchev–Trinajstić information content (AvgIpc) is 3.22. The molecule has 33 heavy (non-hydrogen) atoms. The van der Waals surface area contributed by atoms with Gasteiger partial charge in [0.25, 0.3) is 15.9 Å². The molecule has 12 heteroatoms. The maximum Gasteiger partial charge on any atom is 0.269 e. The van der Waals surface area contributed by atoms with E-state index < -0.39 is 21.8 Å². The minimum absolute atomic E-state index is 0.0641. The van der Waals surface area contributed by atoms with Crippen molar-refractivity contribution in [2.45, 2.75) is 31.1 Å². The second kappa shape index (κ2) is 10.6. The highest BCUT2D eigenvalue weighted by Crippen LogP contribution is 2.20. The summed E-state index contributed by atoms with van der Waals surface area (Å²) in [7, 11) is -2.43. The molecule has 0 aliphatic rings. The molecule has 0 radical (unpaired) electrons. The van der Waals surface area contributed by atoms with Crippen molar-refractivity contribution in [2.75, 3.05) is 11.8 Å². The number of hydrogen-bond donors (Lipinski definition) is 3. The molecule has 0 fully saturated rings. The van der Waals surface area contributed by atoms with Gasteiger partial charge in [-0.3, -0.25) is 25.2 Å². The molecule has 1 aromatic heterocycles. The maximum atomic E-state index is 12.7. The van der Waals surface area contributed by atoms with Gasteiger partial charge in [0.1, 0.15) is 5.75 Å². The molecule has 174 valence electrons. The highest BCUT2D eigenvalue weighted by atomic mass is 32.2. The van der Waals surface area contributed by atoms with Crippen LogP contribution in [-0.2, 0) is 21.2 Å². The van der Waals surface area contributed by atoms with E-state index in [9.17, 15) is 18.0 Å². The average molecular weight is 474 g/mol. The summed E-state index contributed by atoms with van der Waals surface area (Å²) in [6, 6.07) is 11.8. The molecule has 1 heterocycles. The minimum atomic E-state index is -3.93. The standard InChI is InChI=1S/C21H23N5O6S/c1-14-22-20(32-25-14)8-4-7-19(27)23-24-21(28)15-5-3-6-18(13-15)33(29,30)26-16-9-11-17(31-2)12-10-16/h3,5-6,9-13,26H,4,7-8H2,1-2H3,(H,23,27)(H,24,28). The van der Waals surface area contributed by atoms with E-state index >= 15 is 0 Å². The van der Waals surface area contributed by atoms with Gasteiger partial charge in [0.15, 0.2) is 5.82 Å². The third kappa shape index (κ3) is 6.77. The summed E-state index contributed by atoms with van der Waals surface area (Å²) in [6.07, 6.45) is 1.01. The number of sulfonamides is 1. The van der Waals surface area contributed by atoms with E-state index in [-0.39, 0.29) is 16.9 Å². The lowest BCUT2D eigenvalue weighted by Gasteiger charge is -2.11. The Bertz CT molecular complexity index is 1220. The number of nitrogens with one attached hydrogen (secondary N) is 3. The first-order chi connectivity index (χ1) is 15.8. The number of methoxy groups -OCH3 is 1. The van der Waals surface area contributed by atoms with Crippen molar-refractivity contribution in [1.82, 2.24) is 21.0 Å². The lowest BCUT2D eigenvalue weighted by molar-refractivity contribution is -0.121. The first-order valence-electron chi connectivity index (χ1n) is 9.92. The Morgan fingerprint density at radius 3 is 2.52 bits per heavy atom. The molecule has 0 aliphatic carbocycles. The van der Waals surface area contributed by atoms with E-state index in [1.807, 2.05) is 0 Å². The predicted octanol–water partition coefficient (Wildman–Crippen LogP) is 1.97. The van der Waals surface area contributed by atoms with Gasteiger partial charge < -0.3 is 9.26 Å². The van der Waals surface area contributed by atoms with Gasteiger partial charge in [-0.1, -0.05) is 11.2 Å². The van der Waals surface area contributed by atoms with E-state index in [1.165, 1.54) is 31.4 Å². The number of amides is 2. The van der Waals surface area contributed by atoms with Crippen LogP contribution in [0.1, 0.15) is 34.9 Å². The fraction of sp³-hybridized carbons (Fsp3) is 0.238. The van der Waals surface area contributed by atoms with Crippen LogP contribution in [0.4, 0.5) is 5.69 Å². The van der Waals surface area contributed by atoms with E-state index in [0.717, 1.165) is 0 Å². The van der Waals surface area contributed by atoms with Gasteiger partial charge in [-0.15, -0.1) is 0 Å². The Morgan fingerprint density at radius 1 is 1.09 bits per heavy atom. The van der Waals surface area contributed by atoms with Crippen LogP contribution >= 0.6 is 0 Å². The second-order valence-corrected chi connectivity index (χ2v) is 8.64. The van der Waals surface area contributed by atoms with Gasteiger partial charge in [-0.2, -0.15) is 4.98 Å². The number of carbonyl (C=O) groups is 2. The molecule has 2 aromatic carbocycles. The van der Waals surface area contributed by atoms with Gasteiger partial charge in [0, 0.05) is 24.1 Å². The number of hydrazine groups is 1. The topological polar surface area (TPSA) is 153 Å². The molecule has 0 aliphatic heterocycles. The van der Waals surface area contributed by atoms with E-state index in [0.29, 0.717) is 36.0 Å². The molecule has 0 saturated carbocycles. The Balaban J connectivity index is 1.54. The summed E-state index contributed by atoms with van der Waals surface area (Å²) >= 11 is 0. The van der Waals surface area contributed by atoms with E-state index in [2.05, 4.69) is 25.7 Å². The number of nitrogens with zero attached hydrogens (tertiary/aromatic N) is 2. The van der Waals surface area contributed by atoms with E-state index in [4.69, 9.17) is 9.26 Å². The lowest BCUT2D eigenvalue weighted by atomic mass is 10.2. The summed E-state index contributed by atoms with van der Waals surface area (Å²) < 4.78 is 37.8. The number of hydrogen-bond acceptors (Lipinski definition) is 8. The molecule has 2 amide bonds. The summed E-state index contributed by atoms with van der Waals surface area (Å²) in [4.78, 5) is 28.2. The molecule has 0 bridgehead atoms. The zero-order valence-corrected chi connectivity index (χ0v) is 18.8. The van der Waals surface area contributed by atoms with Crippen LogP contribution in [-0.4, -0.2) is 37.5 Å².